The fourth-order valence-corrected chi connectivity index (χ4v) is 3.77. The summed E-state index contributed by atoms with van der Waals surface area (Å²) in [5.74, 6) is 1.27. The first-order valence-corrected chi connectivity index (χ1v) is 11.1. The fourth-order valence-electron chi connectivity index (χ4n) is 3.77. The van der Waals surface area contributed by atoms with Gasteiger partial charge in [-0.25, -0.2) is 9.78 Å². The number of rotatable bonds is 7. The van der Waals surface area contributed by atoms with E-state index in [0.717, 1.165) is 44.3 Å². The van der Waals surface area contributed by atoms with Gasteiger partial charge in [-0.1, -0.05) is 24.3 Å². The Morgan fingerprint density at radius 2 is 1.59 bits per heavy atom. The number of carbonyl (C=O) groups is 1. The maximum Gasteiger partial charge on any atom is 0.407 e. The number of benzene rings is 3. The molecule has 0 bridgehead atoms. The number of amides is 1. The molecule has 2 N–H and O–H groups in total. The highest BCUT2D eigenvalue weighted by molar-refractivity contribution is 6.09. The zero-order valence-corrected chi connectivity index (χ0v) is 20.1. The van der Waals surface area contributed by atoms with Crippen molar-refractivity contribution in [2.45, 2.75) is 33.4 Å². The summed E-state index contributed by atoms with van der Waals surface area (Å²) >= 11 is 0. The molecule has 0 aliphatic heterocycles. The van der Waals surface area contributed by atoms with Gasteiger partial charge in [0.2, 0.25) is 0 Å². The number of alkyl carbamates (subject to hydrolysis) is 1. The van der Waals surface area contributed by atoms with Gasteiger partial charge in [-0.15, -0.1) is 0 Å². The van der Waals surface area contributed by atoms with E-state index in [-0.39, 0.29) is 12.6 Å². The predicted molar refractivity (Wildman–Crippen MR) is 135 cm³/mol. The van der Waals surface area contributed by atoms with E-state index in [9.17, 15) is 4.79 Å². The van der Waals surface area contributed by atoms with Crippen molar-refractivity contribution in [1.82, 2.24) is 10.3 Å². The molecule has 4 aromatic rings. The molecular formula is C27H29N3O4. The largest absolute Gasteiger partial charge is 0.493 e. The van der Waals surface area contributed by atoms with Crippen molar-refractivity contribution in [1.29, 1.82) is 0 Å². The molecule has 3 aromatic carbocycles. The Balaban J connectivity index is 1.69. The number of fused-ring (bicyclic) bond motifs is 2. The van der Waals surface area contributed by atoms with E-state index >= 15 is 0 Å². The predicted octanol–water partition coefficient (Wildman–Crippen LogP) is 6.09. The lowest BCUT2D eigenvalue weighted by atomic mass is 10.0. The smallest absolute Gasteiger partial charge is 0.407 e. The van der Waals surface area contributed by atoms with Gasteiger partial charge in [0.15, 0.2) is 11.5 Å². The van der Waals surface area contributed by atoms with Crippen molar-refractivity contribution < 1.29 is 19.0 Å². The van der Waals surface area contributed by atoms with Crippen LogP contribution in [0.3, 0.4) is 0 Å². The Bertz CT molecular complexity index is 1330. The van der Waals surface area contributed by atoms with Crippen molar-refractivity contribution in [2.24, 2.45) is 0 Å². The Hall–Kier alpha value is -4.00. The molecule has 7 nitrogen and oxygen atoms in total. The SMILES string of the molecule is COc1cc2nc3cc(C)ccc3c(Nc3ccc(COC(=O)NC(C)C)cc3)c2cc1OC. The molecule has 0 saturated heterocycles. The van der Waals surface area contributed by atoms with E-state index in [1.165, 1.54) is 0 Å². The molecule has 7 heteroatoms. The maximum atomic E-state index is 11.7. The van der Waals surface area contributed by atoms with Crippen LogP contribution in [-0.4, -0.2) is 31.3 Å². The molecule has 0 radical (unpaired) electrons. The Labute approximate surface area is 199 Å². The summed E-state index contributed by atoms with van der Waals surface area (Å²) in [6.07, 6.45) is -0.424. The van der Waals surface area contributed by atoms with Crippen molar-refractivity contribution in [3.63, 3.8) is 0 Å². The lowest BCUT2D eigenvalue weighted by molar-refractivity contribution is 0.137. The number of aryl methyl sites for hydroxylation is 1. The molecule has 1 aromatic heterocycles. The Kier molecular flexibility index (Phi) is 6.72. The Morgan fingerprint density at radius 1 is 0.912 bits per heavy atom. The highest BCUT2D eigenvalue weighted by Gasteiger charge is 2.14. The first-order valence-electron chi connectivity index (χ1n) is 11.1. The second-order valence-corrected chi connectivity index (χ2v) is 8.43. The molecule has 1 heterocycles. The molecule has 0 unspecified atom stereocenters. The summed E-state index contributed by atoms with van der Waals surface area (Å²) in [7, 11) is 3.24. The van der Waals surface area contributed by atoms with Crippen molar-refractivity contribution >= 4 is 39.3 Å². The number of hydrogen-bond donors (Lipinski definition) is 2. The fraction of sp³-hybridized carbons (Fsp3) is 0.259. The third-order valence-corrected chi connectivity index (χ3v) is 5.43. The minimum atomic E-state index is -0.424. The molecule has 1 amide bonds. The topological polar surface area (TPSA) is 81.7 Å². The number of aromatic nitrogens is 1. The summed E-state index contributed by atoms with van der Waals surface area (Å²) in [5, 5.41) is 8.20. The maximum absolute atomic E-state index is 11.7. The van der Waals surface area contributed by atoms with E-state index in [1.54, 1.807) is 14.2 Å². The highest BCUT2D eigenvalue weighted by Crippen LogP contribution is 2.39. The Morgan fingerprint density at radius 3 is 2.26 bits per heavy atom. The van der Waals surface area contributed by atoms with Gasteiger partial charge in [-0.05, 0) is 56.2 Å². The molecule has 0 spiro atoms. The quantitative estimate of drug-likeness (QED) is 0.325. The van der Waals surface area contributed by atoms with Crippen LogP contribution in [0.25, 0.3) is 21.8 Å². The number of nitrogens with one attached hydrogen (secondary N) is 2. The van der Waals surface area contributed by atoms with E-state index in [4.69, 9.17) is 19.2 Å². The number of methoxy groups -OCH3 is 2. The number of nitrogens with zero attached hydrogens (tertiary/aromatic N) is 1. The van der Waals surface area contributed by atoms with Gasteiger partial charge in [0.25, 0.3) is 0 Å². The van der Waals surface area contributed by atoms with Gasteiger partial charge >= 0.3 is 6.09 Å². The molecule has 0 aliphatic rings. The van der Waals surface area contributed by atoms with Crippen LogP contribution in [0.1, 0.15) is 25.0 Å². The molecule has 4 rings (SSSR count). The lowest BCUT2D eigenvalue weighted by Gasteiger charge is -2.16. The van der Waals surface area contributed by atoms with Crippen LogP contribution in [0.2, 0.25) is 0 Å². The summed E-state index contributed by atoms with van der Waals surface area (Å²) in [6.45, 7) is 6.04. The zero-order valence-electron chi connectivity index (χ0n) is 20.1. The summed E-state index contributed by atoms with van der Waals surface area (Å²) < 4.78 is 16.3. The van der Waals surface area contributed by atoms with E-state index in [2.05, 4.69) is 35.8 Å². The minimum absolute atomic E-state index is 0.0338. The minimum Gasteiger partial charge on any atom is -0.493 e. The standard InChI is InChI=1S/C27H29N3O4/c1-16(2)28-27(31)34-15-18-7-9-19(10-8-18)29-26-20-11-6-17(3)12-22(20)30-23-14-25(33-5)24(32-4)13-21(23)26/h6-14,16H,15H2,1-5H3,(H,28,31)(H,29,30). The van der Waals surface area contributed by atoms with Crippen molar-refractivity contribution in [3.8, 4) is 11.5 Å². The van der Waals surface area contributed by atoms with Gasteiger partial charge in [0.05, 0.1) is 30.9 Å². The molecule has 0 fully saturated rings. The van der Waals surface area contributed by atoms with Crippen LogP contribution >= 0.6 is 0 Å². The van der Waals surface area contributed by atoms with Crippen molar-refractivity contribution in [2.75, 3.05) is 19.5 Å². The van der Waals surface area contributed by atoms with Crippen LogP contribution < -0.4 is 20.1 Å². The van der Waals surface area contributed by atoms with E-state index in [0.29, 0.717) is 11.5 Å². The molecule has 0 saturated carbocycles. The number of anilines is 2. The summed E-state index contributed by atoms with van der Waals surface area (Å²) in [5.41, 5.74) is 5.57. The van der Waals surface area contributed by atoms with Crippen LogP contribution in [0.5, 0.6) is 11.5 Å². The first-order chi connectivity index (χ1) is 16.4. The van der Waals surface area contributed by atoms with E-state index < -0.39 is 6.09 Å². The molecule has 34 heavy (non-hydrogen) atoms. The summed E-state index contributed by atoms with van der Waals surface area (Å²) in [6, 6.07) is 17.9. The lowest BCUT2D eigenvalue weighted by Crippen LogP contribution is -2.30. The number of hydrogen-bond acceptors (Lipinski definition) is 6. The van der Waals surface area contributed by atoms with E-state index in [1.807, 2.05) is 50.2 Å². The number of carbonyl (C=O) groups excluding carboxylic acids is 1. The molecular weight excluding hydrogens is 430 g/mol. The molecule has 0 aliphatic carbocycles. The zero-order chi connectivity index (χ0) is 24.2. The normalized spacial score (nSPS) is 11.0. The highest BCUT2D eigenvalue weighted by atomic mass is 16.5. The average molecular weight is 460 g/mol. The molecule has 176 valence electrons. The first kappa shape index (κ1) is 23.2. The average Bonchev–Trinajstić information content (AvgIpc) is 2.82. The van der Waals surface area contributed by atoms with Gasteiger partial charge in [0.1, 0.15) is 6.61 Å². The van der Waals surface area contributed by atoms with Gasteiger partial charge in [-0.3, -0.25) is 0 Å². The van der Waals surface area contributed by atoms with Crippen molar-refractivity contribution in [3.05, 3.63) is 65.7 Å². The van der Waals surface area contributed by atoms with Gasteiger partial charge in [-0.2, -0.15) is 0 Å². The van der Waals surface area contributed by atoms with Gasteiger partial charge in [0, 0.05) is 28.6 Å². The summed E-state index contributed by atoms with van der Waals surface area (Å²) in [4.78, 5) is 16.6. The van der Waals surface area contributed by atoms with Crippen LogP contribution in [0.4, 0.5) is 16.2 Å². The third-order valence-electron chi connectivity index (χ3n) is 5.43. The van der Waals surface area contributed by atoms with Crippen LogP contribution in [-0.2, 0) is 11.3 Å². The van der Waals surface area contributed by atoms with Gasteiger partial charge < -0.3 is 24.8 Å². The van der Waals surface area contributed by atoms with Crippen LogP contribution in [0, 0.1) is 6.92 Å². The monoisotopic (exact) mass is 459 g/mol. The second kappa shape index (κ2) is 9.87. The number of ether oxygens (including phenoxy) is 3. The third kappa shape index (κ3) is 4.98. The number of pyridine rings is 1. The molecule has 0 atom stereocenters. The van der Waals surface area contributed by atoms with Crippen LogP contribution in [0.15, 0.2) is 54.6 Å². The second-order valence-electron chi connectivity index (χ2n) is 8.43.